The number of rotatable bonds is 5. The molecule has 0 aromatic rings. The Labute approximate surface area is 102 Å². The van der Waals surface area contributed by atoms with Crippen LogP contribution in [-0.2, 0) is 19.4 Å². The Morgan fingerprint density at radius 3 is 2.41 bits per heavy atom. The van der Waals surface area contributed by atoms with Gasteiger partial charge >= 0.3 is 0 Å². The second-order valence-corrected chi connectivity index (χ2v) is 7.28. The summed E-state index contributed by atoms with van der Waals surface area (Å²) in [4.78, 5) is 13.4. The zero-order valence-corrected chi connectivity index (χ0v) is 11.1. The molecule has 0 unspecified atom stereocenters. The molecule has 2 fully saturated rings. The Bertz CT molecular complexity index is 396. The predicted molar refractivity (Wildman–Crippen MR) is 63.4 cm³/mol. The fraction of sp³-hybridized carbons (Fsp3) is 0.909. The van der Waals surface area contributed by atoms with Crippen LogP contribution in [0, 0.1) is 0 Å². The highest BCUT2D eigenvalue weighted by Crippen LogP contribution is 2.30. The van der Waals surface area contributed by atoms with Gasteiger partial charge in [0.05, 0.1) is 11.4 Å². The van der Waals surface area contributed by atoms with Gasteiger partial charge < -0.3 is 9.64 Å². The summed E-state index contributed by atoms with van der Waals surface area (Å²) >= 11 is 0. The second kappa shape index (κ2) is 4.57. The Morgan fingerprint density at radius 2 is 1.94 bits per heavy atom. The first-order valence-electron chi connectivity index (χ1n) is 5.94. The first-order valence-corrected chi connectivity index (χ1v) is 7.65. The van der Waals surface area contributed by atoms with E-state index >= 15 is 0 Å². The van der Waals surface area contributed by atoms with Gasteiger partial charge in [-0.2, -0.15) is 0 Å². The average molecular weight is 261 g/mol. The van der Waals surface area contributed by atoms with Crippen molar-refractivity contribution in [3.63, 3.8) is 0 Å². The lowest BCUT2D eigenvalue weighted by atomic mass is 9.88. The van der Waals surface area contributed by atoms with Gasteiger partial charge in [-0.15, -0.1) is 0 Å². The minimum absolute atomic E-state index is 0.141. The van der Waals surface area contributed by atoms with E-state index in [4.69, 9.17) is 4.74 Å². The van der Waals surface area contributed by atoms with Gasteiger partial charge in [0.2, 0.25) is 5.91 Å². The van der Waals surface area contributed by atoms with Crippen LogP contribution in [0.25, 0.3) is 0 Å². The molecule has 0 aromatic heterocycles. The average Bonchev–Trinajstić information content (AvgIpc) is 2.98. The predicted octanol–water partition coefficient (Wildman–Crippen LogP) is 0.199. The lowest BCUT2D eigenvalue weighted by Gasteiger charge is -2.40. The van der Waals surface area contributed by atoms with Crippen molar-refractivity contribution in [3.05, 3.63) is 0 Å². The van der Waals surface area contributed by atoms with E-state index in [0.717, 1.165) is 12.8 Å². The molecular formula is C11H19NO4S. The van der Waals surface area contributed by atoms with E-state index in [1.165, 1.54) is 0 Å². The molecule has 0 atom stereocenters. The van der Waals surface area contributed by atoms with Gasteiger partial charge in [-0.05, 0) is 25.7 Å². The third-order valence-electron chi connectivity index (χ3n) is 3.70. The van der Waals surface area contributed by atoms with E-state index in [2.05, 4.69) is 0 Å². The standard InChI is InChI=1S/C11H19NO4S/c1-12(8-5-9(6-8)16-2)11(13)7-17(14,15)10-3-4-10/h8-10H,3-7H2,1-2H3. The van der Waals surface area contributed by atoms with Crippen LogP contribution in [0.15, 0.2) is 0 Å². The molecule has 6 heteroatoms. The number of ether oxygens (including phenoxy) is 1. The lowest BCUT2D eigenvalue weighted by Crippen LogP contribution is -2.50. The minimum atomic E-state index is -3.19. The van der Waals surface area contributed by atoms with E-state index in [1.54, 1.807) is 19.1 Å². The number of carbonyl (C=O) groups excluding carboxylic acids is 1. The maximum Gasteiger partial charge on any atom is 0.237 e. The highest BCUT2D eigenvalue weighted by molar-refractivity contribution is 7.93. The molecule has 17 heavy (non-hydrogen) atoms. The highest BCUT2D eigenvalue weighted by Gasteiger charge is 2.40. The zero-order chi connectivity index (χ0) is 12.6. The second-order valence-electron chi connectivity index (χ2n) is 4.99. The van der Waals surface area contributed by atoms with Crippen LogP contribution in [0.2, 0.25) is 0 Å². The first kappa shape index (κ1) is 12.8. The van der Waals surface area contributed by atoms with Crippen LogP contribution in [0.5, 0.6) is 0 Å². The van der Waals surface area contributed by atoms with Gasteiger partial charge in [0.15, 0.2) is 9.84 Å². The topological polar surface area (TPSA) is 63.7 Å². The van der Waals surface area contributed by atoms with Crippen LogP contribution in [0.4, 0.5) is 0 Å². The third kappa shape index (κ3) is 2.80. The summed E-state index contributed by atoms with van der Waals surface area (Å²) in [7, 11) is 0.144. The van der Waals surface area contributed by atoms with Crippen molar-refractivity contribution in [2.24, 2.45) is 0 Å². The summed E-state index contributed by atoms with van der Waals surface area (Å²) < 4.78 is 28.5. The molecule has 98 valence electrons. The van der Waals surface area contributed by atoms with Crippen molar-refractivity contribution in [2.75, 3.05) is 19.9 Å². The Balaban J connectivity index is 1.84. The Kier molecular flexibility index (Phi) is 3.45. The molecule has 0 N–H and O–H groups in total. The molecule has 2 aliphatic rings. The summed E-state index contributed by atoms with van der Waals surface area (Å²) in [6.07, 6.45) is 3.27. The van der Waals surface area contributed by atoms with Crippen LogP contribution in [0.3, 0.4) is 0 Å². The van der Waals surface area contributed by atoms with Gasteiger partial charge in [0.1, 0.15) is 5.75 Å². The number of hydrogen-bond donors (Lipinski definition) is 0. The van der Waals surface area contributed by atoms with E-state index in [1.807, 2.05) is 0 Å². The zero-order valence-electron chi connectivity index (χ0n) is 10.3. The van der Waals surface area contributed by atoms with Gasteiger partial charge in [-0.1, -0.05) is 0 Å². The number of amides is 1. The molecule has 0 radical (unpaired) electrons. The van der Waals surface area contributed by atoms with Crippen LogP contribution < -0.4 is 0 Å². The number of hydrogen-bond acceptors (Lipinski definition) is 4. The Morgan fingerprint density at radius 1 is 1.35 bits per heavy atom. The minimum Gasteiger partial charge on any atom is -0.381 e. The van der Waals surface area contributed by atoms with Crippen molar-refractivity contribution in [1.29, 1.82) is 0 Å². The number of nitrogens with zero attached hydrogens (tertiary/aromatic N) is 1. The largest absolute Gasteiger partial charge is 0.381 e. The molecular weight excluding hydrogens is 242 g/mol. The van der Waals surface area contributed by atoms with E-state index in [9.17, 15) is 13.2 Å². The van der Waals surface area contributed by atoms with E-state index < -0.39 is 9.84 Å². The van der Waals surface area contributed by atoms with Crippen molar-refractivity contribution < 1.29 is 17.9 Å². The molecule has 0 bridgehead atoms. The fourth-order valence-corrected chi connectivity index (χ4v) is 3.71. The molecule has 2 aliphatic carbocycles. The van der Waals surface area contributed by atoms with Gasteiger partial charge in [-0.25, -0.2) is 8.42 Å². The number of sulfone groups is 1. The highest BCUT2D eigenvalue weighted by atomic mass is 32.2. The van der Waals surface area contributed by atoms with Crippen molar-refractivity contribution in [3.8, 4) is 0 Å². The number of carbonyl (C=O) groups is 1. The maximum absolute atomic E-state index is 11.8. The molecule has 0 saturated heterocycles. The smallest absolute Gasteiger partial charge is 0.237 e. The quantitative estimate of drug-likeness (QED) is 0.709. The summed E-state index contributed by atoms with van der Waals surface area (Å²) in [6, 6.07) is 0.141. The SMILES string of the molecule is COC1CC(N(C)C(=O)CS(=O)(=O)C2CC2)C1. The van der Waals surface area contributed by atoms with E-state index in [0.29, 0.717) is 12.8 Å². The van der Waals surface area contributed by atoms with Crippen molar-refractivity contribution >= 4 is 15.7 Å². The lowest BCUT2D eigenvalue weighted by molar-refractivity contribution is -0.133. The molecule has 5 nitrogen and oxygen atoms in total. The molecule has 0 spiro atoms. The fourth-order valence-electron chi connectivity index (χ4n) is 2.07. The van der Waals surface area contributed by atoms with Crippen LogP contribution in [0.1, 0.15) is 25.7 Å². The Hall–Kier alpha value is -0.620. The van der Waals surface area contributed by atoms with E-state index in [-0.39, 0.29) is 29.1 Å². The van der Waals surface area contributed by atoms with Gasteiger partial charge in [-0.3, -0.25) is 4.79 Å². The molecule has 2 saturated carbocycles. The molecule has 2 rings (SSSR count). The molecule has 1 amide bonds. The first-order chi connectivity index (χ1) is 7.94. The summed E-state index contributed by atoms with van der Waals surface area (Å²) in [5, 5.41) is -0.257. The monoisotopic (exact) mass is 261 g/mol. The van der Waals surface area contributed by atoms with Crippen LogP contribution in [-0.4, -0.2) is 56.5 Å². The molecule has 0 heterocycles. The summed E-state index contributed by atoms with van der Waals surface area (Å²) in [6.45, 7) is 0. The van der Waals surface area contributed by atoms with Gasteiger partial charge in [0, 0.05) is 20.2 Å². The maximum atomic E-state index is 11.8. The van der Waals surface area contributed by atoms with Crippen molar-refractivity contribution in [1.82, 2.24) is 4.90 Å². The van der Waals surface area contributed by atoms with Gasteiger partial charge in [0.25, 0.3) is 0 Å². The van der Waals surface area contributed by atoms with Crippen LogP contribution >= 0.6 is 0 Å². The third-order valence-corrected chi connectivity index (χ3v) is 5.84. The number of methoxy groups -OCH3 is 1. The van der Waals surface area contributed by atoms with Crippen molar-refractivity contribution in [2.45, 2.75) is 43.1 Å². The summed E-state index contributed by atoms with van der Waals surface area (Å²) in [5.41, 5.74) is 0. The normalized spacial score (nSPS) is 28.6. The summed E-state index contributed by atoms with van der Waals surface area (Å²) in [5.74, 6) is -0.612. The molecule has 0 aromatic carbocycles. The molecule has 0 aliphatic heterocycles.